The Morgan fingerprint density at radius 1 is 1.00 bits per heavy atom. The molecule has 1 amide bonds. The van der Waals surface area contributed by atoms with E-state index in [2.05, 4.69) is 4.98 Å². The van der Waals surface area contributed by atoms with Gasteiger partial charge in [0.25, 0.3) is 5.91 Å². The molecule has 108 valence electrons. The van der Waals surface area contributed by atoms with Crippen LogP contribution in [0.4, 0.5) is 0 Å². The molecule has 0 aliphatic carbocycles. The van der Waals surface area contributed by atoms with Crippen LogP contribution in [-0.4, -0.2) is 42.1 Å². The van der Waals surface area contributed by atoms with Crippen LogP contribution >= 0.6 is 0 Å². The van der Waals surface area contributed by atoms with E-state index in [1.807, 2.05) is 24.3 Å². The second-order valence-corrected chi connectivity index (χ2v) is 4.92. The van der Waals surface area contributed by atoms with Crippen LogP contribution in [0, 0.1) is 0 Å². The second-order valence-electron chi connectivity index (χ2n) is 4.92. The van der Waals surface area contributed by atoms with Crippen LogP contribution in [0.15, 0.2) is 47.4 Å². The quantitative estimate of drug-likeness (QED) is 0.909. The lowest BCUT2D eigenvalue weighted by molar-refractivity contribution is 0.0303. The topological polar surface area (TPSA) is 62.4 Å². The second kappa shape index (κ2) is 5.93. The fourth-order valence-corrected chi connectivity index (χ4v) is 2.34. The Morgan fingerprint density at radius 2 is 1.67 bits per heavy atom. The van der Waals surface area contributed by atoms with Crippen molar-refractivity contribution in [2.45, 2.75) is 0 Å². The number of aromatic amines is 1. The average Bonchev–Trinajstić information content (AvgIpc) is 2.56. The third-order valence-electron chi connectivity index (χ3n) is 3.55. The minimum absolute atomic E-state index is 0.0336. The van der Waals surface area contributed by atoms with Crippen LogP contribution in [0.25, 0.3) is 11.1 Å². The van der Waals surface area contributed by atoms with Gasteiger partial charge in [0.2, 0.25) is 5.56 Å². The molecule has 0 radical (unpaired) electrons. The highest BCUT2D eigenvalue weighted by atomic mass is 16.5. The number of H-pyrrole nitrogens is 1. The van der Waals surface area contributed by atoms with Crippen LogP contribution in [0.5, 0.6) is 0 Å². The maximum atomic E-state index is 12.3. The van der Waals surface area contributed by atoms with Crippen LogP contribution < -0.4 is 5.56 Å². The fourth-order valence-electron chi connectivity index (χ4n) is 2.34. The number of nitrogens with one attached hydrogen (secondary N) is 1. The van der Waals surface area contributed by atoms with Crippen molar-refractivity contribution in [2.75, 3.05) is 26.3 Å². The molecule has 0 bridgehead atoms. The number of benzene rings is 1. The van der Waals surface area contributed by atoms with Crippen LogP contribution in [0.3, 0.4) is 0 Å². The zero-order valence-corrected chi connectivity index (χ0v) is 11.5. The summed E-state index contributed by atoms with van der Waals surface area (Å²) in [4.78, 5) is 27.8. The van der Waals surface area contributed by atoms with Gasteiger partial charge >= 0.3 is 0 Å². The van der Waals surface area contributed by atoms with E-state index >= 15 is 0 Å². The standard InChI is InChI=1S/C16H16N2O3/c19-15-6-5-14(11-17-15)12-1-3-13(4-2-12)16(20)18-7-9-21-10-8-18/h1-6,11H,7-10H2,(H,17,19). The van der Waals surface area contributed by atoms with Gasteiger partial charge in [-0.15, -0.1) is 0 Å². The third kappa shape index (κ3) is 3.03. The summed E-state index contributed by atoms with van der Waals surface area (Å²) in [5.41, 5.74) is 2.42. The lowest BCUT2D eigenvalue weighted by Crippen LogP contribution is -2.40. The van der Waals surface area contributed by atoms with Crippen LogP contribution in [-0.2, 0) is 4.74 Å². The number of aromatic nitrogens is 1. The number of nitrogens with zero attached hydrogens (tertiary/aromatic N) is 1. The van der Waals surface area contributed by atoms with Gasteiger partial charge in [-0.3, -0.25) is 9.59 Å². The summed E-state index contributed by atoms with van der Waals surface area (Å²) in [5.74, 6) is 0.0336. The predicted octanol–water partition coefficient (Wildman–Crippen LogP) is 1.51. The van der Waals surface area contributed by atoms with Gasteiger partial charge in [-0.2, -0.15) is 0 Å². The van der Waals surface area contributed by atoms with Crippen molar-refractivity contribution in [1.29, 1.82) is 0 Å². The van der Waals surface area contributed by atoms with Gasteiger partial charge < -0.3 is 14.6 Å². The van der Waals surface area contributed by atoms with E-state index < -0.39 is 0 Å². The van der Waals surface area contributed by atoms with Crippen molar-refractivity contribution < 1.29 is 9.53 Å². The van der Waals surface area contributed by atoms with Crippen LogP contribution in [0.2, 0.25) is 0 Å². The Balaban J connectivity index is 1.78. The molecule has 1 fully saturated rings. The average molecular weight is 284 g/mol. The van der Waals surface area contributed by atoms with E-state index in [9.17, 15) is 9.59 Å². The van der Waals surface area contributed by atoms with Crippen molar-refractivity contribution in [3.05, 3.63) is 58.5 Å². The monoisotopic (exact) mass is 284 g/mol. The molecule has 21 heavy (non-hydrogen) atoms. The molecule has 5 nitrogen and oxygen atoms in total. The first-order chi connectivity index (χ1) is 10.2. The number of hydrogen-bond donors (Lipinski definition) is 1. The minimum atomic E-state index is -0.127. The summed E-state index contributed by atoms with van der Waals surface area (Å²) in [6.07, 6.45) is 1.67. The number of hydrogen-bond acceptors (Lipinski definition) is 3. The summed E-state index contributed by atoms with van der Waals surface area (Å²) >= 11 is 0. The Labute approximate surface area is 122 Å². The highest BCUT2D eigenvalue weighted by Crippen LogP contribution is 2.18. The molecule has 2 aromatic rings. The molecule has 1 aliphatic rings. The van der Waals surface area contributed by atoms with Gasteiger partial charge in [-0.05, 0) is 29.3 Å². The first-order valence-electron chi connectivity index (χ1n) is 6.90. The highest BCUT2D eigenvalue weighted by molar-refractivity contribution is 5.94. The van der Waals surface area contributed by atoms with Crippen molar-refractivity contribution in [1.82, 2.24) is 9.88 Å². The molecular formula is C16H16N2O3. The van der Waals surface area contributed by atoms with E-state index in [4.69, 9.17) is 4.74 Å². The normalized spacial score (nSPS) is 15.0. The minimum Gasteiger partial charge on any atom is -0.378 e. The maximum absolute atomic E-state index is 12.3. The van der Waals surface area contributed by atoms with E-state index in [1.165, 1.54) is 6.07 Å². The van der Waals surface area contributed by atoms with E-state index in [0.29, 0.717) is 31.9 Å². The van der Waals surface area contributed by atoms with Crippen LogP contribution in [0.1, 0.15) is 10.4 Å². The number of pyridine rings is 1. The Hall–Kier alpha value is -2.40. The number of ether oxygens (including phenoxy) is 1. The molecule has 3 rings (SSSR count). The first kappa shape index (κ1) is 13.6. The lowest BCUT2D eigenvalue weighted by atomic mass is 10.1. The SMILES string of the molecule is O=C(c1ccc(-c2ccc(=O)[nH]c2)cc1)N1CCOCC1. The number of amides is 1. The fraction of sp³-hybridized carbons (Fsp3) is 0.250. The summed E-state index contributed by atoms with van der Waals surface area (Å²) in [6, 6.07) is 10.7. The molecule has 2 heterocycles. The summed E-state index contributed by atoms with van der Waals surface area (Å²) < 4.78 is 5.25. The molecule has 1 aromatic heterocycles. The van der Waals surface area contributed by atoms with Gasteiger partial charge in [0, 0.05) is 30.9 Å². The van der Waals surface area contributed by atoms with E-state index in [-0.39, 0.29) is 11.5 Å². The summed E-state index contributed by atoms with van der Waals surface area (Å²) in [7, 11) is 0. The number of rotatable bonds is 2. The molecule has 1 N–H and O–H groups in total. The molecule has 0 atom stereocenters. The summed E-state index contributed by atoms with van der Waals surface area (Å²) in [6.45, 7) is 2.48. The number of carbonyl (C=O) groups is 1. The van der Waals surface area contributed by atoms with Gasteiger partial charge in [0.1, 0.15) is 0 Å². The van der Waals surface area contributed by atoms with Gasteiger partial charge in [-0.25, -0.2) is 0 Å². The van der Waals surface area contributed by atoms with Crippen molar-refractivity contribution >= 4 is 5.91 Å². The van der Waals surface area contributed by atoms with Gasteiger partial charge in [0.05, 0.1) is 13.2 Å². The lowest BCUT2D eigenvalue weighted by Gasteiger charge is -2.26. The molecule has 1 saturated heterocycles. The molecule has 1 aliphatic heterocycles. The van der Waals surface area contributed by atoms with E-state index in [1.54, 1.807) is 17.2 Å². The highest BCUT2D eigenvalue weighted by Gasteiger charge is 2.18. The molecule has 0 spiro atoms. The number of carbonyl (C=O) groups excluding carboxylic acids is 1. The molecule has 0 unspecified atom stereocenters. The Kier molecular flexibility index (Phi) is 3.83. The third-order valence-corrected chi connectivity index (χ3v) is 3.55. The molecular weight excluding hydrogens is 268 g/mol. The Bertz CT molecular complexity index is 665. The van der Waals surface area contributed by atoms with E-state index in [0.717, 1.165) is 11.1 Å². The Morgan fingerprint density at radius 3 is 2.29 bits per heavy atom. The van der Waals surface area contributed by atoms with Gasteiger partial charge in [-0.1, -0.05) is 12.1 Å². The van der Waals surface area contributed by atoms with Crippen molar-refractivity contribution in [3.63, 3.8) is 0 Å². The smallest absolute Gasteiger partial charge is 0.254 e. The van der Waals surface area contributed by atoms with Crippen molar-refractivity contribution in [3.8, 4) is 11.1 Å². The number of morpholine rings is 1. The molecule has 0 saturated carbocycles. The van der Waals surface area contributed by atoms with Gasteiger partial charge in [0.15, 0.2) is 0 Å². The zero-order chi connectivity index (χ0) is 14.7. The summed E-state index contributed by atoms with van der Waals surface area (Å²) in [5, 5.41) is 0. The predicted molar refractivity (Wildman–Crippen MR) is 79.2 cm³/mol. The molecule has 1 aromatic carbocycles. The van der Waals surface area contributed by atoms with Crippen molar-refractivity contribution in [2.24, 2.45) is 0 Å². The maximum Gasteiger partial charge on any atom is 0.254 e. The zero-order valence-electron chi connectivity index (χ0n) is 11.5. The molecule has 5 heteroatoms. The first-order valence-corrected chi connectivity index (χ1v) is 6.90. The largest absolute Gasteiger partial charge is 0.378 e.